The Morgan fingerprint density at radius 1 is 1.27 bits per heavy atom. The van der Waals surface area contributed by atoms with E-state index in [1.807, 2.05) is 36.4 Å². The molecule has 1 atom stereocenters. The number of H-pyrrole nitrogens is 1. The number of benzene rings is 2. The Morgan fingerprint density at radius 3 is 2.92 bits per heavy atom. The third kappa shape index (κ3) is 3.06. The molecule has 6 nitrogen and oxygen atoms in total. The molecular weight excluding hydrogens is 350 g/mol. The molecule has 2 aromatic carbocycles. The molecule has 0 bridgehead atoms. The molecule has 7 heteroatoms. The summed E-state index contributed by atoms with van der Waals surface area (Å²) in [5.41, 5.74) is 2.11. The van der Waals surface area contributed by atoms with Crippen LogP contribution >= 0.6 is 11.8 Å². The van der Waals surface area contributed by atoms with E-state index in [2.05, 4.69) is 10.3 Å². The first kappa shape index (κ1) is 16.7. The Labute approximate surface area is 154 Å². The van der Waals surface area contributed by atoms with Gasteiger partial charge in [-0.2, -0.15) is 0 Å². The molecule has 1 unspecified atom stereocenters. The van der Waals surface area contributed by atoms with Crippen molar-refractivity contribution in [1.82, 2.24) is 10.3 Å². The Morgan fingerprint density at radius 2 is 2.12 bits per heavy atom. The van der Waals surface area contributed by atoms with Crippen LogP contribution < -0.4 is 10.1 Å². The smallest absolute Gasteiger partial charge is 0.271 e. The molecule has 4 rings (SSSR count). The van der Waals surface area contributed by atoms with Crippen molar-refractivity contribution >= 4 is 34.3 Å². The summed E-state index contributed by atoms with van der Waals surface area (Å²) < 4.78 is 6.21. The number of para-hydroxylation sites is 1. The summed E-state index contributed by atoms with van der Waals surface area (Å²) in [5.74, 6) is 0.568. The molecule has 0 fully saturated rings. The van der Waals surface area contributed by atoms with Crippen molar-refractivity contribution in [2.45, 2.75) is 16.7 Å². The number of carbonyl (C=O) groups excluding carboxylic acids is 1. The fourth-order valence-corrected chi connectivity index (χ4v) is 4.22. The highest BCUT2D eigenvalue weighted by Gasteiger charge is 2.39. The van der Waals surface area contributed by atoms with E-state index in [1.165, 1.54) is 11.8 Å². The van der Waals surface area contributed by atoms with Gasteiger partial charge in [0.05, 0.1) is 16.8 Å². The second-order valence-electron chi connectivity index (χ2n) is 6.05. The zero-order valence-electron chi connectivity index (χ0n) is 14.2. The number of ether oxygens (including phenoxy) is 1. The SMILES string of the molecule is COc1ccc2c(c1)SC(CCNC(=O)c1cc3ccccc3[nH]1)[N+]2=O. The normalized spacial score (nSPS) is 15.9. The molecule has 3 aromatic rings. The molecule has 0 spiro atoms. The Bertz CT molecular complexity index is 966. The van der Waals surface area contributed by atoms with Crippen molar-refractivity contribution in [2.24, 2.45) is 0 Å². The van der Waals surface area contributed by atoms with Gasteiger partial charge in [0.15, 0.2) is 0 Å². The number of fused-ring (bicyclic) bond motifs is 2. The maximum Gasteiger partial charge on any atom is 0.271 e. The summed E-state index contributed by atoms with van der Waals surface area (Å²) in [4.78, 5) is 28.7. The minimum absolute atomic E-state index is 0.166. The Kier molecular flexibility index (Phi) is 4.38. The fraction of sp³-hybridized carbons (Fsp3) is 0.211. The number of thioether (sulfide) groups is 1. The molecule has 2 heterocycles. The monoisotopic (exact) mass is 368 g/mol. The van der Waals surface area contributed by atoms with E-state index in [4.69, 9.17) is 4.74 Å². The van der Waals surface area contributed by atoms with Crippen LogP contribution in [0.2, 0.25) is 0 Å². The molecule has 1 aliphatic heterocycles. The van der Waals surface area contributed by atoms with Gasteiger partial charge in [0.2, 0.25) is 0 Å². The lowest BCUT2D eigenvalue weighted by atomic mass is 10.2. The molecule has 0 aliphatic carbocycles. The maximum atomic E-state index is 12.4. The first-order chi connectivity index (χ1) is 12.7. The predicted octanol–water partition coefficient (Wildman–Crippen LogP) is 3.84. The van der Waals surface area contributed by atoms with E-state index >= 15 is 0 Å². The second-order valence-corrected chi connectivity index (χ2v) is 7.27. The van der Waals surface area contributed by atoms with Gasteiger partial charge < -0.3 is 15.0 Å². The van der Waals surface area contributed by atoms with Gasteiger partial charge in [-0.3, -0.25) is 4.79 Å². The lowest BCUT2D eigenvalue weighted by molar-refractivity contribution is -0.476. The summed E-state index contributed by atoms with van der Waals surface area (Å²) in [5, 5.41) is 3.63. The third-order valence-electron chi connectivity index (χ3n) is 4.38. The van der Waals surface area contributed by atoms with Crippen LogP contribution in [0.25, 0.3) is 10.9 Å². The molecule has 1 amide bonds. The maximum absolute atomic E-state index is 12.4. The van der Waals surface area contributed by atoms with Crippen LogP contribution in [0.3, 0.4) is 0 Å². The molecule has 26 heavy (non-hydrogen) atoms. The van der Waals surface area contributed by atoms with E-state index in [0.717, 1.165) is 26.3 Å². The number of aromatic nitrogens is 1. The van der Waals surface area contributed by atoms with Crippen molar-refractivity contribution in [1.29, 1.82) is 0 Å². The number of methoxy groups -OCH3 is 1. The lowest BCUT2D eigenvalue weighted by Crippen LogP contribution is -2.28. The van der Waals surface area contributed by atoms with Gasteiger partial charge in [0, 0.05) is 40.9 Å². The van der Waals surface area contributed by atoms with Crippen molar-refractivity contribution in [3.8, 4) is 5.75 Å². The van der Waals surface area contributed by atoms with Crippen molar-refractivity contribution < 1.29 is 14.3 Å². The highest BCUT2D eigenvalue weighted by molar-refractivity contribution is 8.00. The van der Waals surface area contributed by atoms with Gasteiger partial charge in [0.1, 0.15) is 11.4 Å². The third-order valence-corrected chi connectivity index (χ3v) is 5.66. The topological polar surface area (TPSA) is 74.2 Å². The number of aromatic amines is 1. The molecular formula is C19H18N3O3S+. The van der Waals surface area contributed by atoms with Gasteiger partial charge in [-0.15, -0.1) is 0 Å². The molecule has 0 saturated heterocycles. The molecule has 132 valence electrons. The summed E-state index contributed by atoms with van der Waals surface area (Å²) in [6, 6.07) is 15.0. The number of carbonyl (C=O) groups is 1. The molecule has 1 aromatic heterocycles. The Hall–Kier alpha value is -2.80. The van der Waals surface area contributed by atoms with Gasteiger partial charge in [0.25, 0.3) is 17.0 Å². The second kappa shape index (κ2) is 6.84. The van der Waals surface area contributed by atoms with Crippen LogP contribution in [0.4, 0.5) is 5.69 Å². The molecule has 2 N–H and O–H groups in total. The van der Waals surface area contributed by atoms with Crippen LogP contribution in [0.5, 0.6) is 5.75 Å². The molecule has 1 aliphatic rings. The van der Waals surface area contributed by atoms with Crippen LogP contribution in [-0.2, 0) is 0 Å². The highest BCUT2D eigenvalue weighted by atomic mass is 32.2. The number of nitrogens with zero attached hydrogens (tertiary/aromatic N) is 1. The zero-order valence-corrected chi connectivity index (χ0v) is 15.0. The van der Waals surface area contributed by atoms with E-state index in [-0.39, 0.29) is 11.3 Å². The standard InChI is InChI=1S/C19H17N3O3S/c1-25-13-6-7-16-17(11-13)26-18(22(16)24)8-9-20-19(23)15-10-12-4-2-3-5-14(12)21-15/h2-7,10-11,18H,8-9H2,1H3,(H-,20,21,23)/p+1. The minimum atomic E-state index is -0.250. The quantitative estimate of drug-likeness (QED) is 0.671. The number of rotatable bonds is 5. The van der Waals surface area contributed by atoms with Gasteiger partial charge in [-0.05, 0) is 30.0 Å². The van der Waals surface area contributed by atoms with Crippen LogP contribution in [0, 0.1) is 4.91 Å². The minimum Gasteiger partial charge on any atom is -0.497 e. The van der Waals surface area contributed by atoms with Crippen LogP contribution in [-0.4, -0.2) is 34.7 Å². The van der Waals surface area contributed by atoms with E-state index in [9.17, 15) is 9.70 Å². The summed E-state index contributed by atoms with van der Waals surface area (Å²) >= 11 is 1.50. The van der Waals surface area contributed by atoms with Crippen molar-refractivity contribution in [3.63, 3.8) is 0 Å². The van der Waals surface area contributed by atoms with E-state index in [0.29, 0.717) is 24.3 Å². The molecule has 0 radical (unpaired) electrons. The van der Waals surface area contributed by atoms with E-state index < -0.39 is 0 Å². The Balaban J connectivity index is 1.36. The zero-order chi connectivity index (χ0) is 18.1. The largest absolute Gasteiger partial charge is 0.497 e. The first-order valence-corrected chi connectivity index (χ1v) is 9.20. The predicted molar refractivity (Wildman–Crippen MR) is 101 cm³/mol. The number of amides is 1. The van der Waals surface area contributed by atoms with E-state index in [1.54, 1.807) is 19.2 Å². The van der Waals surface area contributed by atoms with Gasteiger partial charge in [-0.1, -0.05) is 18.2 Å². The highest BCUT2D eigenvalue weighted by Crippen LogP contribution is 2.44. The number of hydrogen-bond donors (Lipinski definition) is 2. The number of nitrogens with one attached hydrogen (secondary N) is 2. The average molecular weight is 368 g/mol. The first-order valence-electron chi connectivity index (χ1n) is 8.33. The van der Waals surface area contributed by atoms with Crippen molar-refractivity contribution in [3.05, 3.63) is 59.1 Å². The summed E-state index contributed by atoms with van der Waals surface area (Å²) in [7, 11) is 1.60. The fourth-order valence-electron chi connectivity index (χ4n) is 3.02. The molecule has 0 saturated carbocycles. The number of nitroso groups, excluding NO2 is 1. The average Bonchev–Trinajstić information content (AvgIpc) is 3.23. The lowest BCUT2D eigenvalue weighted by Gasteiger charge is -2.04. The van der Waals surface area contributed by atoms with Crippen molar-refractivity contribution in [2.75, 3.05) is 13.7 Å². The summed E-state index contributed by atoms with van der Waals surface area (Å²) in [6.07, 6.45) is 0.553. The number of hydrogen-bond acceptors (Lipinski definition) is 4. The van der Waals surface area contributed by atoms with Gasteiger partial charge in [-0.25, -0.2) is 0 Å². The van der Waals surface area contributed by atoms with Gasteiger partial charge >= 0.3 is 0 Å². The van der Waals surface area contributed by atoms with Crippen LogP contribution in [0.15, 0.2) is 53.4 Å². The summed E-state index contributed by atoms with van der Waals surface area (Å²) in [6.45, 7) is 0.426. The van der Waals surface area contributed by atoms with Crippen LogP contribution in [0.1, 0.15) is 16.9 Å².